The molecule has 0 saturated heterocycles. The second kappa shape index (κ2) is 6.85. The number of benzene rings is 1. The van der Waals surface area contributed by atoms with Crippen LogP contribution in [0.1, 0.15) is 5.56 Å². The first-order valence-corrected chi connectivity index (χ1v) is 6.71. The minimum absolute atomic E-state index is 0.802. The molecule has 0 aromatic heterocycles. The van der Waals surface area contributed by atoms with Gasteiger partial charge in [-0.2, -0.15) is 0 Å². The molecule has 1 aromatic carbocycles. The van der Waals surface area contributed by atoms with E-state index in [1.807, 2.05) is 0 Å². The number of rotatable bonds is 0. The Morgan fingerprint density at radius 1 is 1.36 bits per heavy atom. The van der Waals surface area contributed by atoms with E-state index in [1.165, 1.54) is 8.64 Å². The van der Waals surface area contributed by atoms with E-state index >= 15 is 0 Å². The minimum atomic E-state index is 0.802. The van der Waals surface area contributed by atoms with Gasteiger partial charge in [-0.3, -0.25) is 0 Å². The molecule has 0 bridgehead atoms. The molecule has 0 aliphatic carbocycles. The van der Waals surface area contributed by atoms with Gasteiger partial charge >= 0.3 is 92.2 Å². The van der Waals surface area contributed by atoms with E-state index < -0.39 is 0 Å². The van der Waals surface area contributed by atoms with Crippen molar-refractivity contribution in [1.82, 2.24) is 0 Å². The molecule has 1 aromatic rings. The molecule has 0 unspecified atom stereocenters. The first-order chi connectivity index (χ1) is 5.20. The summed E-state index contributed by atoms with van der Waals surface area (Å²) in [6, 6.07) is 8.75. The van der Waals surface area contributed by atoms with Crippen molar-refractivity contribution in [1.29, 1.82) is 5.26 Å². The van der Waals surface area contributed by atoms with Crippen molar-refractivity contribution in [3.63, 3.8) is 0 Å². The zero-order valence-electron chi connectivity index (χ0n) is 6.37. The summed E-state index contributed by atoms with van der Waals surface area (Å²) >= 11 is 2.91. The van der Waals surface area contributed by atoms with Crippen molar-refractivity contribution in [2.24, 2.45) is 0 Å². The quantitative estimate of drug-likeness (QED) is 0.595. The zero-order valence-corrected chi connectivity index (χ0v) is 13.6. The van der Waals surface area contributed by atoms with Crippen LogP contribution >= 0.6 is 0 Å². The Morgan fingerprint density at radius 2 is 1.73 bits per heavy atom. The average molecular weight is 397 g/mol. The van der Waals surface area contributed by atoms with Gasteiger partial charge in [0.15, 0.2) is 0 Å². The molecular formula is C8H7HgNSe. The molecule has 0 saturated carbocycles. The van der Waals surface area contributed by atoms with Crippen LogP contribution in [0.2, 0.25) is 0 Å². The molecule has 11 heavy (non-hydrogen) atoms. The molecule has 0 fully saturated rings. The number of hydrogen-bond donors (Lipinski definition) is 0. The van der Waals surface area contributed by atoms with E-state index in [9.17, 15) is 0 Å². The van der Waals surface area contributed by atoms with E-state index in [0.29, 0.717) is 0 Å². The summed E-state index contributed by atoms with van der Waals surface area (Å²) < 4.78 is 1.52. The van der Waals surface area contributed by atoms with Crippen molar-refractivity contribution in [3.8, 4) is 4.97 Å². The summed E-state index contributed by atoms with van der Waals surface area (Å²) in [6.07, 6.45) is 0. The predicted molar refractivity (Wildman–Crippen MR) is 42.2 cm³/mol. The van der Waals surface area contributed by atoms with E-state index in [2.05, 4.69) is 47.2 Å². The van der Waals surface area contributed by atoms with Gasteiger partial charge in [0.25, 0.3) is 0 Å². The third-order valence-electron chi connectivity index (χ3n) is 1.12. The zero-order chi connectivity index (χ0) is 8.69. The summed E-state index contributed by atoms with van der Waals surface area (Å²) in [5.41, 5.74) is 1.36. The molecule has 1 radical (unpaired) electrons. The van der Waals surface area contributed by atoms with Crippen LogP contribution in [0.4, 0.5) is 0 Å². The second-order valence-corrected chi connectivity index (χ2v) is 5.63. The van der Waals surface area contributed by atoms with Gasteiger partial charge < -0.3 is 0 Å². The van der Waals surface area contributed by atoms with Gasteiger partial charge in [0, 0.05) is 0 Å². The molecule has 0 aliphatic rings. The van der Waals surface area contributed by atoms with Crippen LogP contribution in [0.25, 0.3) is 0 Å². The summed E-state index contributed by atoms with van der Waals surface area (Å²) in [7, 11) is 0. The first kappa shape index (κ1) is 11.2. The number of nitriles is 1. The van der Waals surface area contributed by atoms with Crippen LogP contribution in [0.5, 0.6) is 0 Å². The second-order valence-electron chi connectivity index (χ2n) is 2.08. The van der Waals surface area contributed by atoms with Crippen LogP contribution in [-0.2, 0) is 26.1 Å². The Kier molecular flexibility index (Phi) is 6.95. The maximum absolute atomic E-state index is 7.26. The third kappa shape index (κ3) is 6.56. The number of nitrogens with zero attached hydrogens (tertiary/aromatic N) is 1. The van der Waals surface area contributed by atoms with Gasteiger partial charge in [-0.25, -0.2) is 0 Å². The van der Waals surface area contributed by atoms with Gasteiger partial charge in [0.1, 0.15) is 0 Å². The van der Waals surface area contributed by atoms with E-state index in [-0.39, 0.29) is 0 Å². The molecule has 0 heterocycles. The number of aryl methyl sites for hydroxylation is 1. The molecule has 0 amide bonds. The van der Waals surface area contributed by atoms with Crippen LogP contribution in [0.3, 0.4) is 0 Å². The summed E-state index contributed by atoms with van der Waals surface area (Å²) in [4.78, 5) is 1.62. The normalized spacial score (nSPS) is 7.45. The topological polar surface area (TPSA) is 23.8 Å². The fourth-order valence-corrected chi connectivity index (χ4v) is 1.50. The molecular weight excluding hydrogens is 390 g/mol. The van der Waals surface area contributed by atoms with Gasteiger partial charge in [-0.15, -0.1) is 0 Å². The fourth-order valence-electron chi connectivity index (χ4n) is 0.588. The van der Waals surface area contributed by atoms with E-state index in [0.717, 1.165) is 26.1 Å². The molecule has 0 atom stereocenters. The van der Waals surface area contributed by atoms with Gasteiger partial charge in [-0.05, 0) is 0 Å². The molecule has 0 N–H and O–H groups in total. The van der Waals surface area contributed by atoms with Crippen LogP contribution in [0.15, 0.2) is 24.3 Å². The van der Waals surface area contributed by atoms with Crippen LogP contribution in [-0.4, -0.2) is 16.0 Å². The summed E-state index contributed by atoms with van der Waals surface area (Å²) in [6.45, 7) is 2.12. The molecule has 52 valence electrons. The third-order valence-corrected chi connectivity index (χ3v) is 2.95. The summed E-state index contributed by atoms with van der Waals surface area (Å²) in [5.74, 6) is 0. The van der Waals surface area contributed by atoms with E-state index in [1.54, 1.807) is 4.97 Å². The first-order valence-electron chi connectivity index (χ1n) is 3.10. The van der Waals surface area contributed by atoms with Crippen LogP contribution < -0.4 is 3.07 Å². The summed E-state index contributed by atoms with van der Waals surface area (Å²) in [5, 5.41) is 7.26. The molecule has 0 aliphatic heterocycles. The molecule has 0 spiro atoms. The maximum atomic E-state index is 7.26. The number of hydrogen-bond acceptors (Lipinski definition) is 1. The predicted octanol–water partition coefficient (Wildman–Crippen LogP) is 0.803. The Hall–Kier alpha value is 0.165. The van der Waals surface area contributed by atoms with Crippen molar-refractivity contribution in [2.75, 3.05) is 0 Å². The van der Waals surface area contributed by atoms with E-state index in [4.69, 9.17) is 5.26 Å². The van der Waals surface area contributed by atoms with Gasteiger partial charge in [0.2, 0.25) is 0 Å². The van der Waals surface area contributed by atoms with Crippen molar-refractivity contribution >= 4 is 19.1 Å². The average Bonchev–Trinajstić information content (AvgIpc) is 1.97. The Bertz CT molecular complexity index is 216. The fraction of sp³-hybridized carbons (Fsp3) is 0.125. The van der Waals surface area contributed by atoms with Crippen molar-refractivity contribution in [3.05, 3.63) is 29.8 Å². The Balaban J connectivity index is 0.000000292. The standard InChI is InChI=1S/C7H7.CNSe.Hg/c1-7-5-3-2-4-6-7;2-1-3;/h3-6H,1H3;;. The SMILES string of the molecule is Cc1cc[c]([Hg])cc1.N#C[Se]. The van der Waals surface area contributed by atoms with Crippen molar-refractivity contribution < 1.29 is 26.1 Å². The van der Waals surface area contributed by atoms with Gasteiger partial charge in [-0.1, -0.05) is 0 Å². The Morgan fingerprint density at radius 3 is 2.00 bits per heavy atom. The van der Waals surface area contributed by atoms with Gasteiger partial charge in [0.05, 0.1) is 0 Å². The molecule has 3 heteroatoms. The monoisotopic (exact) mass is 399 g/mol. The van der Waals surface area contributed by atoms with Crippen molar-refractivity contribution in [2.45, 2.75) is 6.92 Å². The Labute approximate surface area is 91.6 Å². The van der Waals surface area contributed by atoms with Crippen LogP contribution in [0, 0.1) is 17.2 Å². The molecule has 1 rings (SSSR count). The molecule has 1 nitrogen and oxygen atoms in total.